The fourth-order valence-electron chi connectivity index (χ4n) is 4.36. The summed E-state index contributed by atoms with van der Waals surface area (Å²) in [6, 6.07) is 15.8. The largest absolute Gasteiger partial charge is 1.00 e. The summed E-state index contributed by atoms with van der Waals surface area (Å²) in [5.74, 6) is -12.3. The molecule has 2 heterocycles. The number of para-hydroxylation sites is 1. The molecule has 0 aliphatic carbocycles. The number of halogens is 4. The molecule has 1 aromatic heterocycles. The number of esters is 1. The van der Waals surface area contributed by atoms with E-state index in [1.54, 1.807) is 11.8 Å². The van der Waals surface area contributed by atoms with Crippen molar-refractivity contribution < 1.29 is 69.6 Å². The molecule has 6 nitrogen and oxygen atoms in total. The molecule has 198 valence electrons. The van der Waals surface area contributed by atoms with E-state index in [4.69, 9.17) is 0 Å². The van der Waals surface area contributed by atoms with Crippen LogP contribution >= 0.6 is 23.5 Å². The number of ether oxygens (including phenoxy) is 1. The van der Waals surface area contributed by atoms with Crippen molar-refractivity contribution in [3.05, 3.63) is 77.4 Å². The number of carbonyl (C=O) groups excluding carboxylic acids is 1. The smallest absolute Gasteiger partial charge is 0.744 e. The van der Waals surface area contributed by atoms with Gasteiger partial charge in [-0.25, -0.2) is 17.2 Å². The van der Waals surface area contributed by atoms with E-state index in [-0.39, 0.29) is 46.3 Å². The molecule has 0 radical (unpaired) electrons. The Balaban J connectivity index is 0.00000353. The molecule has 0 saturated carbocycles. The zero-order valence-electron chi connectivity index (χ0n) is 20.3. The van der Waals surface area contributed by atoms with Crippen LogP contribution in [0.15, 0.2) is 58.3 Å². The van der Waals surface area contributed by atoms with E-state index in [1.807, 2.05) is 55.6 Å². The van der Waals surface area contributed by atoms with Crippen molar-refractivity contribution >= 4 is 50.5 Å². The molecule has 3 aromatic carbocycles. The molecule has 1 aliphatic heterocycles. The Morgan fingerprint density at radius 3 is 2.31 bits per heavy atom. The van der Waals surface area contributed by atoms with Crippen LogP contribution in [0, 0.1) is 23.3 Å². The number of rotatable bonds is 6. The molecule has 1 unspecified atom stereocenters. The predicted molar refractivity (Wildman–Crippen MR) is 134 cm³/mol. The van der Waals surface area contributed by atoms with Gasteiger partial charge in [0.2, 0.25) is 17.4 Å². The number of aryl methyl sites for hydroxylation is 1. The van der Waals surface area contributed by atoms with Crippen molar-refractivity contribution in [1.82, 2.24) is 4.57 Å². The van der Waals surface area contributed by atoms with E-state index >= 15 is 0 Å². The first-order valence-electron chi connectivity index (χ1n) is 11.0. The van der Waals surface area contributed by atoms with E-state index in [9.17, 15) is 35.3 Å². The number of hydrogen-bond acceptors (Lipinski definition) is 7. The molecule has 0 bridgehead atoms. The number of benzene rings is 3. The summed E-state index contributed by atoms with van der Waals surface area (Å²) >= 11 is 2.97. The number of aromatic nitrogens is 1. The Hall–Kier alpha value is -2.00. The molecule has 0 N–H and O–H groups in total. The zero-order valence-corrected chi connectivity index (χ0v) is 24.8. The fraction of sp³-hybridized carbons (Fsp3) is 0.160. The molecule has 14 heteroatoms. The third kappa shape index (κ3) is 5.37. The SMILES string of the molecule is Cn1c2c(c3ccccc31)C(SCCC(=O)Oc1c(F)c(F)c(S(=O)(=O)[O-])c(F)c1F)Sc1ccccc1-2.[Na+]. The van der Waals surface area contributed by atoms with Gasteiger partial charge in [0, 0.05) is 39.7 Å². The second kappa shape index (κ2) is 11.5. The predicted octanol–water partition coefficient (Wildman–Crippen LogP) is 3.14. The van der Waals surface area contributed by atoms with E-state index in [1.165, 1.54) is 11.8 Å². The van der Waals surface area contributed by atoms with Crippen LogP contribution in [-0.4, -0.2) is 29.3 Å². The first-order valence-corrected chi connectivity index (χ1v) is 14.3. The van der Waals surface area contributed by atoms with Gasteiger partial charge in [-0.15, -0.1) is 23.5 Å². The summed E-state index contributed by atoms with van der Waals surface area (Å²) in [6.45, 7) is 0. The van der Waals surface area contributed by atoms with Crippen LogP contribution in [0.25, 0.3) is 22.2 Å². The Morgan fingerprint density at radius 2 is 1.64 bits per heavy atom. The van der Waals surface area contributed by atoms with Crippen LogP contribution in [0.3, 0.4) is 0 Å². The van der Waals surface area contributed by atoms with Gasteiger partial charge in [0.25, 0.3) is 0 Å². The van der Waals surface area contributed by atoms with E-state index in [0.29, 0.717) is 0 Å². The molecular formula is C25H16F4NNaO5S3. The van der Waals surface area contributed by atoms with Gasteiger partial charge in [-0.1, -0.05) is 36.4 Å². The maximum atomic E-state index is 14.2. The monoisotopic (exact) mass is 605 g/mol. The van der Waals surface area contributed by atoms with Crippen LogP contribution in [0.1, 0.15) is 16.6 Å². The van der Waals surface area contributed by atoms with Gasteiger partial charge < -0.3 is 13.9 Å². The Kier molecular flexibility index (Phi) is 8.82. The second-order valence-electron chi connectivity index (χ2n) is 8.25. The first kappa shape index (κ1) is 30.0. The molecule has 1 atom stereocenters. The number of nitrogens with zero attached hydrogens (tertiary/aromatic N) is 1. The first-order chi connectivity index (χ1) is 18.0. The van der Waals surface area contributed by atoms with Gasteiger partial charge in [-0.05, 0) is 12.1 Å². The molecule has 0 spiro atoms. The standard InChI is InChI=1S/C25H17F4NO5S3.Na/c1-30-14-8-4-2-6-12(14)17-22(30)13-7-3-5-9-15(13)37-25(17)36-11-10-16(31)35-23-18(26)20(28)24(38(32,33)34)21(29)19(23)27;/h2-9,25H,10-11H2,1H3,(H,32,33,34);/q;+1/p-1. The van der Waals surface area contributed by atoms with Crippen molar-refractivity contribution in [2.45, 2.75) is 20.8 Å². The minimum atomic E-state index is -5.87. The van der Waals surface area contributed by atoms with Crippen LogP contribution in [0.5, 0.6) is 5.75 Å². The minimum absolute atomic E-state index is 0. The van der Waals surface area contributed by atoms with Gasteiger partial charge >= 0.3 is 35.5 Å². The average Bonchev–Trinajstić information content (AvgIpc) is 3.18. The van der Waals surface area contributed by atoms with Gasteiger partial charge in [0.15, 0.2) is 11.6 Å². The number of carbonyl (C=O) groups is 1. The summed E-state index contributed by atoms with van der Waals surface area (Å²) in [5, 5.41) is 1.04. The van der Waals surface area contributed by atoms with Crippen LogP contribution in [-0.2, 0) is 22.0 Å². The Labute approximate surface area is 251 Å². The molecule has 0 fully saturated rings. The van der Waals surface area contributed by atoms with Gasteiger partial charge in [-0.3, -0.25) is 4.79 Å². The third-order valence-electron chi connectivity index (χ3n) is 5.98. The minimum Gasteiger partial charge on any atom is -0.744 e. The quantitative estimate of drug-likeness (QED) is 0.0834. The van der Waals surface area contributed by atoms with Crippen LogP contribution < -0.4 is 34.3 Å². The van der Waals surface area contributed by atoms with E-state index < -0.39 is 50.0 Å². The van der Waals surface area contributed by atoms with E-state index in [0.717, 1.165) is 32.6 Å². The normalized spacial score (nSPS) is 14.5. The van der Waals surface area contributed by atoms with Gasteiger partial charge in [0.1, 0.15) is 15.0 Å². The average molecular weight is 606 g/mol. The number of hydrogen-bond donors (Lipinski definition) is 0. The maximum Gasteiger partial charge on any atom is 1.00 e. The van der Waals surface area contributed by atoms with Crippen molar-refractivity contribution in [2.75, 3.05) is 5.75 Å². The van der Waals surface area contributed by atoms with Gasteiger partial charge in [-0.2, -0.15) is 8.78 Å². The molecule has 0 amide bonds. The third-order valence-corrected chi connectivity index (χ3v) is 9.58. The summed E-state index contributed by atoms with van der Waals surface area (Å²) in [6.07, 6.45) is -0.382. The molecule has 1 aliphatic rings. The summed E-state index contributed by atoms with van der Waals surface area (Å²) in [4.78, 5) is 11.0. The van der Waals surface area contributed by atoms with E-state index in [2.05, 4.69) is 9.30 Å². The molecular weight excluding hydrogens is 589 g/mol. The molecule has 5 rings (SSSR count). The molecule has 39 heavy (non-hydrogen) atoms. The summed E-state index contributed by atoms with van der Waals surface area (Å²) in [7, 11) is -3.90. The van der Waals surface area contributed by atoms with Gasteiger partial charge in [0.05, 0.1) is 16.7 Å². The van der Waals surface area contributed by atoms with Crippen molar-refractivity contribution in [3.8, 4) is 17.0 Å². The maximum absolute atomic E-state index is 14.2. The van der Waals surface area contributed by atoms with Crippen molar-refractivity contribution in [2.24, 2.45) is 7.05 Å². The molecule has 4 aromatic rings. The van der Waals surface area contributed by atoms with Crippen molar-refractivity contribution in [3.63, 3.8) is 0 Å². The molecule has 0 saturated heterocycles. The fourth-order valence-corrected chi connectivity index (χ4v) is 7.79. The van der Waals surface area contributed by atoms with Crippen molar-refractivity contribution in [1.29, 1.82) is 0 Å². The topological polar surface area (TPSA) is 88.4 Å². The van der Waals surface area contributed by atoms with Crippen LogP contribution in [0.2, 0.25) is 0 Å². The number of fused-ring (bicyclic) bond motifs is 5. The Morgan fingerprint density at radius 1 is 1.03 bits per heavy atom. The zero-order chi connectivity index (χ0) is 27.4. The number of thioether (sulfide) groups is 2. The van der Waals surface area contributed by atoms with Crippen LogP contribution in [0.4, 0.5) is 17.6 Å². The summed E-state index contributed by atoms with van der Waals surface area (Å²) in [5.41, 5.74) is 4.18. The second-order valence-corrected chi connectivity index (χ2v) is 12.2. The Bertz CT molecular complexity index is 1700. The summed E-state index contributed by atoms with van der Waals surface area (Å²) < 4.78 is 95.7.